The molecule has 1 aromatic carbocycles. The predicted octanol–water partition coefficient (Wildman–Crippen LogP) is 6.37. The van der Waals surface area contributed by atoms with Gasteiger partial charge in [0.15, 0.2) is 0 Å². The lowest BCUT2D eigenvalue weighted by atomic mass is 9.70. The zero-order valence-corrected chi connectivity index (χ0v) is 21.6. The summed E-state index contributed by atoms with van der Waals surface area (Å²) >= 11 is 0. The van der Waals surface area contributed by atoms with Crippen LogP contribution in [-0.2, 0) is 6.42 Å². The number of rotatable bonds is 8. The number of hydrogen-bond acceptors (Lipinski definition) is 3. The molecule has 3 heteroatoms. The molecule has 1 N–H and O–H groups in total. The average molecular weight is 458 g/mol. The molecule has 2 aliphatic heterocycles. The van der Waals surface area contributed by atoms with E-state index in [9.17, 15) is 0 Å². The fourth-order valence-corrected chi connectivity index (χ4v) is 6.58. The van der Waals surface area contributed by atoms with Crippen LogP contribution < -0.4 is 5.32 Å². The Balaban J connectivity index is 1.25. The maximum absolute atomic E-state index is 4.09. The molecule has 34 heavy (non-hydrogen) atoms. The zero-order valence-electron chi connectivity index (χ0n) is 21.6. The Morgan fingerprint density at radius 3 is 2.53 bits per heavy atom. The molecule has 0 spiro atoms. The van der Waals surface area contributed by atoms with Gasteiger partial charge in [-0.1, -0.05) is 56.3 Å². The molecule has 0 bridgehead atoms. The Hall–Kier alpha value is -2.26. The second-order valence-corrected chi connectivity index (χ2v) is 11.5. The summed E-state index contributed by atoms with van der Waals surface area (Å²) in [6.45, 7) is 14.1. The SMILES string of the molecule is C=C(NC)c1ccc(CC2=C(C)N(CC3CCN(CC4(C)CCC4)CC3)C3=CC=CCC32)cc1. The van der Waals surface area contributed by atoms with Gasteiger partial charge in [0.05, 0.1) is 0 Å². The minimum Gasteiger partial charge on any atom is -0.388 e. The van der Waals surface area contributed by atoms with Gasteiger partial charge in [-0.2, -0.15) is 0 Å². The quantitative estimate of drug-likeness (QED) is 0.489. The van der Waals surface area contributed by atoms with Gasteiger partial charge in [0.1, 0.15) is 0 Å². The number of fused-ring (bicyclic) bond motifs is 1. The first kappa shape index (κ1) is 23.5. The molecule has 1 saturated heterocycles. The topological polar surface area (TPSA) is 18.5 Å². The van der Waals surface area contributed by atoms with Crippen molar-refractivity contribution in [2.24, 2.45) is 17.3 Å². The summed E-state index contributed by atoms with van der Waals surface area (Å²) < 4.78 is 0. The molecule has 1 unspecified atom stereocenters. The Morgan fingerprint density at radius 2 is 1.88 bits per heavy atom. The second kappa shape index (κ2) is 9.77. The number of nitrogens with one attached hydrogen (secondary N) is 1. The van der Waals surface area contributed by atoms with Crippen molar-refractivity contribution in [1.29, 1.82) is 0 Å². The van der Waals surface area contributed by atoms with Gasteiger partial charge in [0.25, 0.3) is 0 Å². The molecule has 5 rings (SSSR count). The van der Waals surface area contributed by atoms with E-state index in [1.807, 2.05) is 7.05 Å². The van der Waals surface area contributed by atoms with E-state index in [0.717, 1.165) is 24.5 Å². The Kier molecular flexibility index (Phi) is 6.75. The lowest BCUT2D eigenvalue weighted by Crippen LogP contribution is -2.45. The smallest absolute Gasteiger partial charge is 0.0338 e. The summed E-state index contributed by atoms with van der Waals surface area (Å²) in [6.07, 6.45) is 16.2. The highest BCUT2D eigenvalue weighted by molar-refractivity contribution is 5.61. The van der Waals surface area contributed by atoms with Gasteiger partial charge in [-0.15, -0.1) is 0 Å². The summed E-state index contributed by atoms with van der Waals surface area (Å²) in [7, 11) is 1.93. The van der Waals surface area contributed by atoms with Crippen LogP contribution >= 0.6 is 0 Å². The monoisotopic (exact) mass is 457 g/mol. The van der Waals surface area contributed by atoms with E-state index in [1.54, 1.807) is 11.3 Å². The summed E-state index contributed by atoms with van der Waals surface area (Å²) in [5, 5.41) is 3.15. The van der Waals surface area contributed by atoms with Gasteiger partial charge in [0.2, 0.25) is 0 Å². The van der Waals surface area contributed by atoms with Crippen molar-refractivity contribution in [3.8, 4) is 0 Å². The van der Waals surface area contributed by atoms with E-state index < -0.39 is 0 Å². The number of allylic oxidation sites excluding steroid dienone is 5. The lowest BCUT2D eigenvalue weighted by Gasteiger charge is -2.44. The summed E-state index contributed by atoms with van der Waals surface area (Å²) in [5.74, 6) is 1.36. The Bertz CT molecular complexity index is 984. The first-order valence-corrected chi connectivity index (χ1v) is 13.5. The maximum atomic E-state index is 4.09. The third-order valence-electron chi connectivity index (χ3n) is 9.05. The van der Waals surface area contributed by atoms with Crippen molar-refractivity contribution in [3.63, 3.8) is 0 Å². The van der Waals surface area contributed by atoms with Gasteiger partial charge >= 0.3 is 0 Å². The molecular formula is C31H43N3. The van der Waals surface area contributed by atoms with E-state index in [0.29, 0.717) is 11.3 Å². The third-order valence-corrected chi connectivity index (χ3v) is 9.05. The van der Waals surface area contributed by atoms with Crippen molar-refractivity contribution in [2.45, 2.75) is 58.8 Å². The van der Waals surface area contributed by atoms with E-state index in [2.05, 4.69) is 78.0 Å². The minimum absolute atomic E-state index is 0.551. The molecule has 0 amide bonds. The zero-order chi connectivity index (χ0) is 23.7. The molecule has 182 valence electrons. The number of piperidine rings is 1. The highest BCUT2D eigenvalue weighted by atomic mass is 15.2. The molecule has 2 fully saturated rings. The normalized spacial score (nSPS) is 24.6. The van der Waals surface area contributed by atoms with Crippen LogP contribution in [0, 0.1) is 17.3 Å². The minimum atomic E-state index is 0.551. The number of benzene rings is 1. The standard InChI is InChI=1S/C31H43N3/c1-23(32-4)27-12-10-25(11-13-27)20-29-24(2)34(30-9-6-5-8-28(29)30)21-26-14-18-33(19-15-26)22-31(3)16-7-17-31/h5-6,9-13,26,28,32H,1,7-8,14-22H2,2-4H3. The summed E-state index contributed by atoms with van der Waals surface area (Å²) in [4.78, 5) is 5.44. The van der Waals surface area contributed by atoms with Crippen LogP contribution in [0.5, 0.6) is 0 Å². The molecule has 1 saturated carbocycles. The van der Waals surface area contributed by atoms with Crippen molar-refractivity contribution in [1.82, 2.24) is 15.1 Å². The molecule has 1 aromatic rings. The largest absolute Gasteiger partial charge is 0.388 e. The third kappa shape index (κ3) is 4.77. The fraction of sp³-hybridized carbons (Fsp3) is 0.548. The van der Waals surface area contributed by atoms with Crippen LogP contribution in [0.1, 0.15) is 63.5 Å². The second-order valence-electron chi connectivity index (χ2n) is 11.5. The van der Waals surface area contributed by atoms with E-state index >= 15 is 0 Å². The van der Waals surface area contributed by atoms with Gasteiger partial charge < -0.3 is 15.1 Å². The van der Waals surface area contributed by atoms with Crippen molar-refractivity contribution in [2.75, 3.05) is 33.2 Å². The molecule has 2 heterocycles. The van der Waals surface area contributed by atoms with Crippen LogP contribution in [0.25, 0.3) is 5.70 Å². The molecule has 2 aliphatic carbocycles. The first-order chi connectivity index (χ1) is 16.5. The molecule has 4 aliphatic rings. The van der Waals surface area contributed by atoms with Gasteiger partial charge in [-0.05, 0) is 92.6 Å². The van der Waals surface area contributed by atoms with Gasteiger partial charge in [-0.25, -0.2) is 0 Å². The van der Waals surface area contributed by atoms with Crippen molar-refractivity contribution >= 4 is 5.70 Å². The molecule has 0 aromatic heterocycles. The molecular weight excluding hydrogens is 414 g/mol. The predicted molar refractivity (Wildman–Crippen MR) is 144 cm³/mol. The molecule has 1 atom stereocenters. The highest BCUT2D eigenvalue weighted by Gasteiger charge is 2.37. The van der Waals surface area contributed by atoms with Gasteiger partial charge in [-0.3, -0.25) is 0 Å². The lowest BCUT2D eigenvalue weighted by molar-refractivity contribution is 0.0609. The number of nitrogens with zero attached hydrogens (tertiary/aromatic N) is 2. The van der Waals surface area contributed by atoms with E-state index in [4.69, 9.17) is 0 Å². The molecule has 0 radical (unpaired) electrons. The Labute approximate surface area is 207 Å². The van der Waals surface area contributed by atoms with Crippen LogP contribution in [0.3, 0.4) is 0 Å². The highest BCUT2D eigenvalue weighted by Crippen LogP contribution is 2.44. The van der Waals surface area contributed by atoms with Crippen LogP contribution in [0.2, 0.25) is 0 Å². The van der Waals surface area contributed by atoms with Crippen LogP contribution in [0.15, 0.2) is 66.0 Å². The van der Waals surface area contributed by atoms with Gasteiger partial charge in [0, 0.05) is 43.1 Å². The van der Waals surface area contributed by atoms with Crippen LogP contribution in [-0.4, -0.2) is 43.0 Å². The summed E-state index contributed by atoms with van der Waals surface area (Å²) in [5.41, 5.74) is 8.82. The van der Waals surface area contributed by atoms with Crippen molar-refractivity contribution < 1.29 is 0 Å². The summed E-state index contributed by atoms with van der Waals surface area (Å²) in [6, 6.07) is 8.96. The number of likely N-dealkylation sites (tertiary alicyclic amines) is 1. The van der Waals surface area contributed by atoms with Crippen LogP contribution in [0.4, 0.5) is 0 Å². The molecule has 3 nitrogen and oxygen atoms in total. The fourth-order valence-electron chi connectivity index (χ4n) is 6.58. The van der Waals surface area contributed by atoms with Crippen molar-refractivity contribution in [3.05, 3.63) is 77.2 Å². The van der Waals surface area contributed by atoms with E-state index in [1.165, 1.54) is 75.1 Å². The average Bonchev–Trinajstić information content (AvgIpc) is 3.10. The first-order valence-electron chi connectivity index (χ1n) is 13.5. The van der Waals surface area contributed by atoms with E-state index in [-0.39, 0.29) is 0 Å². The maximum Gasteiger partial charge on any atom is 0.0338 e. The Morgan fingerprint density at radius 1 is 1.15 bits per heavy atom. The number of hydrogen-bond donors (Lipinski definition) is 1.